The van der Waals surface area contributed by atoms with E-state index in [0.29, 0.717) is 17.5 Å². The molecule has 0 radical (unpaired) electrons. The van der Waals surface area contributed by atoms with Crippen LogP contribution in [-0.2, 0) is 0 Å². The first-order valence-electron chi connectivity index (χ1n) is 17.1. The van der Waals surface area contributed by atoms with Gasteiger partial charge in [-0.25, -0.2) is 19.9 Å². The number of nitrogens with zero attached hydrogens (tertiary/aromatic N) is 4. The van der Waals surface area contributed by atoms with Crippen molar-refractivity contribution in [3.63, 3.8) is 0 Å². The van der Waals surface area contributed by atoms with Crippen molar-refractivity contribution in [2.24, 2.45) is 0 Å². The molecule has 3 aromatic heterocycles. The van der Waals surface area contributed by atoms with Crippen molar-refractivity contribution >= 4 is 53.1 Å². The number of para-hydroxylation sites is 1. The molecule has 10 aromatic rings. The summed E-state index contributed by atoms with van der Waals surface area (Å²) in [5.74, 6) is 1.95. The predicted octanol–water partition coefficient (Wildman–Crippen LogP) is 12.9. The van der Waals surface area contributed by atoms with Crippen LogP contribution in [0.3, 0.4) is 0 Å². The lowest BCUT2D eigenvalue weighted by atomic mass is 9.99. The van der Waals surface area contributed by atoms with Gasteiger partial charge < -0.3 is 0 Å². The minimum Gasteiger partial charge on any atom is -0.236 e. The van der Waals surface area contributed by atoms with Crippen LogP contribution in [0.5, 0.6) is 0 Å². The van der Waals surface area contributed by atoms with E-state index in [-0.39, 0.29) is 0 Å². The Morgan fingerprint density at radius 1 is 0.327 bits per heavy atom. The Morgan fingerprint density at radius 2 is 0.885 bits per heavy atom. The van der Waals surface area contributed by atoms with Crippen LogP contribution in [0.15, 0.2) is 170 Å². The van der Waals surface area contributed by atoms with Gasteiger partial charge in [-0.15, -0.1) is 22.7 Å². The van der Waals surface area contributed by atoms with Crippen molar-refractivity contribution in [3.8, 4) is 67.0 Å². The predicted molar refractivity (Wildman–Crippen MR) is 219 cm³/mol. The van der Waals surface area contributed by atoms with Gasteiger partial charge in [-0.3, -0.25) is 0 Å². The van der Waals surface area contributed by atoms with E-state index in [9.17, 15) is 0 Å². The lowest BCUT2D eigenvalue weighted by Gasteiger charge is -2.10. The molecule has 0 amide bonds. The van der Waals surface area contributed by atoms with E-state index in [1.165, 1.54) is 25.0 Å². The lowest BCUT2D eigenvalue weighted by Crippen LogP contribution is -2.00. The Hall–Kier alpha value is -6.34. The van der Waals surface area contributed by atoms with Gasteiger partial charge in [0.05, 0.1) is 10.2 Å². The third-order valence-electron chi connectivity index (χ3n) is 9.39. The Morgan fingerprint density at radius 3 is 1.67 bits per heavy atom. The fourth-order valence-electron chi connectivity index (χ4n) is 6.80. The van der Waals surface area contributed by atoms with Crippen LogP contribution in [0.1, 0.15) is 0 Å². The summed E-state index contributed by atoms with van der Waals surface area (Å²) in [6.07, 6.45) is 0. The Kier molecular flexibility index (Phi) is 7.48. The average Bonchev–Trinajstić information content (AvgIpc) is 3.83. The molecule has 10 rings (SSSR count). The van der Waals surface area contributed by atoms with E-state index in [4.69, 9.17) is 19.9 Å². The van der Waals surface area contributed by atoms with Crippen molar-refractivity contribution in [1.29, 1.82) is 0 Å². The number of benzene rings is 7. The molecule has 0 unspecified atom stereocenters. The van der Waals surface area contributed by atoms with Gasteiger partial charge in [-0.1, -0.05) is 133 Å². The average molecular weight is 701 g/mol. The molecule has 4 nitrogen and oxygen atoms in total. The highest BCUT2D eigenvalue weighted by molar-refractivity contribution is 7.26. The molecule has 6 heteroatoms. The summed E-state index contributed by atoms with van der Waals surface area (Å²) >= 11 is 3.53. The summed E-state index contributed by atoms with van der Waals surface area (Å²) in [4.78, 5) is 20.2. The zero-order valence-electron chi connectivity index (χ0n) is 27.8. The van der Waals surface area contributed by atoms with Crippen LogP contribution < -0.4 is 0 Å². The molecule has 244 valence electrons. The molecular formula is C46H28N4S2. The summed E-state index contributed by atoms with van der Waals surface area (Å²) in [7, 11) is 0. The van der Waals surface area contributed by atoms with E-state index in [0.717, 1.165) is 54.9 Å². The van der Waals surface area contributed by atoms with Crippen molar-refractivity contribution in [1.82, 2.24) is 19.9 Å². The molecule has 52 heavy (non-hydrogen) atoms. The molecular weight excluding hydrogens is 673 g/mol. The second kappa shape index (κ2) is 12.8. The maximum absolute atomic E-state index is 5.16. The van der Waals surface area contributed by atoms with Crippen LogP contribution in [0, 0.1) is 0 Å². The molecule has 0 spiro atoms. The van der Waals surface area contributed by atoms with Crippen molar-refractivity contribution in [2.45, 2.75) is 0 Å². The molecule has 0 bridgehead atoms. The third-order valence-corrected chi connectivity index (χ3v) is 11.6. The number of thiophene rings is 1. The quantitative estimate of drug-likeness (QED) is 0.173. The van der Waals surface area contributed by atoms with Gasteiger partial charge in [0.15, 0.2) is 17.5 Å². The molecule has 0 saturated carbocycles. The van der Waals surface area contributed by atoms with Crippen molar-refractivity contribution < 1.29 is 0 Å². The lowest BCUT2D eigenvalue weighted by molar-refractivity contribution is 1.08. The highest BCUT2D eigenvalue weighted by Crippen LogP contribution is 2.42. The SMILES string of the molecule is c1ccc(-c2ccc(-c3nc(-c4ccccc4)nc(-c4cccc5sc6ccc(-c7cccc(-c8nc9ccccc9s8)c7)cc6c45)n3)cc2)cc1. The van der Waals surface area contributed by atoms with E-state index < -0.39 is 0 Å². The first-order valence-corrected chi connectivity index (χ1v) is 18.8. The van der Waals surface area contributed by atoms with Crippen LogP contribution in [0.25, 0.3) is 97.4 Å². The topological polar surface area (TPSA) is 51.6 Å². The second-order valence-corrected chi connectivity index (χ2v) is 14.8. The monoisotopic (exact) mass is 700 g/mol. The van der Waals surface area contributed by atoms with Gasteiger partial charge >= 0.3 is 0 Å². The Labute approximate surface area is 308 Å². The number of thiazole rings is 1. The zero-order valence-corrected chi connectivity index (χ0v) is 29.4. The fraction of sp³-hybridized carbons (Fsp3) is 0. The molecule has 0 aliphatic rings. The summed E-state index contributed by atoms with van der Waals surface area (Å²) in [5, 5.41) is 3.37. The highest BCUT2D eigenvalue weighted by Gasteiger charge is 2.18. The summed E-state index contributed by atoms with van der Waals surface area (Å²) in [6.45, 7) is 0. The summed E-state index contributed by atoms with van der Waals surface area (Å²) in [6, 6.07) is 59.3. The number of hydrogen-bond acceptors (Lipinski definition) is 6. The van der Waals surface area contributed by atoms with E-state index in [1.807, 2.05) is 30.3 Å². The van der Waals surface area contributed by atoms with Crippen molar-refractivity contribution in [2.75, 3.05) is 0 Å². The minimum absolute atomic E-state index is 0.646. The molecule has 0 atom stereocenters. The molecule has 0 aliphatic carbocycles. The van der Waals surface area contributed by atoms with Gasteiger partial charge in [0.25, 0.3) is 0 Å². The van der Waals surface area contributed by atoms with Gasteiger partial charge in [0, 0.05) is 42.4 Å². The van der Waals surface area contributed by atoms with Gasteiger partial charge in [0.1, 0.15) is 5.01 Å². The van der Waals surface area contributed by atoms with Crippen LogP contribution >= 0.6 is 22.7 Å². The Balaban J connectivity index is 1.10. The number of fused-ring (bicyclic) bond motifs is 4. The molecule has 7 aromatic carbocycles. The van der Waals surface area contributed by atoms with Crippen LogP contribution in [0.4, 0.5) is 0 Å². The van der Waals surface area contributed by atoms with Gasteiger partial charge in [-0.2, -0.15) is 0 Å². The van der Waals surface area contributed by atoms with Crippen molar-refractivity contribution in [3.05, 3.63) is 170 Å². The van der Waals surface area contributed by atoms with Crippen LogP contribution in [-0.4, -0.2) is 19.9 Å². The normalized spacial score (nSPS) is 11.5. The first-order chi connectivity index (χ1) is 25.7. The molecule has 0 aliphatic heterocycles. The highest BCUT2D eigenvalue weighted by atomic mass is 32.1. The number of rotatable bonds is 6. The third kappa shape index (κ3) is 5.55. The van der Waals surface area contributed by atoms with Gasteiger partial charge in [0.2, 0.25) is 0 Å². The standard InChI is InChI=1S/C46H28N4S2/c1-3-11-29(12-4-1)30-21-23-32(24-22-30)44-48-43(31-13-5-2-6-14-31)49-45(50-44)36-17-10-20-41-42(36)37-28-34(25-26-39(37)51-41)33-15-9-16-35(27-33)46-47-38-18-7-8-19-40(38)52-46/h1-28H. The zero-order chi connectivity index (χ0) is 34.4. The largest absolute Gasteiger partial charge is 0.236 e. The first kappa shape index (κ1) is 30.5. The fourth-order valence-corrected chi connectivity index (χ4v) is 8.88. The maximum Gasteiger partial charge on any atom is 0.164 e. The molecule has 0 fully saturated rings. The second-order valence-electron chi connectivity index (χ2n) is 12.7. The van der Waals surface area contributed by atoms with Crippen LogP contribution in [0.2, 0.25) is 0 Å². The maximum atomic E-state index is 5.16. The molecule has 0 saturated heterocycles. The smallest absolute Gasteiger partial charge is 0.164 e. The summed E-state index contributed by atoms with van der Waals surface area (Å²) < 4.78 is 3.62. The minimum atomic E-state index is 0.646. The van der Waals surface area contributed by atoms with E-state index in [1.54, 1.807) is 22.7 Å². The number of aromatic nitrogens is 4. The molecule has 3 heterocycles. The van der Waals surface area contributed by atoms with E-state index in [2.05, 4.69) is 140 Å². The molecule has 0 N–H and O–H groups in total. The van der Waals surface area contributed by atoms with E-state index >= 15 is 0 Å². The summed E-state index contributed by atoms with van der Waals surface area (Å²) in [5.41, 5.74) is 9.68. The Bertz CT molecular complexity index is 2860. The van der Waals surface area contributed by atoms with Gasteiger partial charge in [-0.05, 0) is 58.7 Å². The number of hydrogen-bond donors (Lipinski definition) is 0.